The predicted octanol–water partition coefficient (Wildman–Crippen LogP) is 0.936. The number of aliphatic hydroxyl groups excluding tert-OH is 1. The molecule has 0 saturated carbocycles. The Kier molecular flexibility index (Phi) is 6.59. The van der Waals surface area contributed by atoms with E-state index in [0.29, 0.717) is 6.61 Å². The number of thioether (sulfide) groups is 1. The third-order valence-corrected chi connectivity index (χ3v) is 1.19. The Labute approximate surface area is 49.1 Å². The molecule has 0 heterocycles. The Hall–Kier alpha value is 0.310. The second-order valence-corrected chi connectivity index (χ2v) is 2.17. The molecule has 1 nitrogen and oxygen atoms in total. The molecule has 0 saturated heterocycles. The first-order valence-electron chi connectivity index (χ1n) is 2.33. The van der Waals surface area contributed by atoms with Crippen molar-refractivity contribution in [1.82, 2.24) is 0 Å². The maximum Gasteiger partial charge on any atom is 0.0434 e. The summed E-state index contributed by atoms with van der Waals surface area (Å²) < 4.78 is 0. The molecule has 0 aromatic heterocycles. The van der Waals surface area contributed by atoms with Crippen LogP contribution in [-0.4, -0.2) is 23.7 Å². The summed E-state index contributed by atoms with van der Waals surface area (Å²) in [4.78, 5) is 0. The van der Waals surface area contributed by atoms with E-state index in [-0.39, 0.29) is 0 Å². The van der Waals surface area contributed by atoms with Crippen molar-refractivity contribution >= 4 is 11.8 Å². The summed E-state index contributed by atoms with van der Waals surface area (Å²) >= 11 is 1.77. The molecular weight excluding hydrogens is 108 g/mol. The van der Waals surface area contributed by atoms with Crippen molar-refractivity contribution in [3.05, 3.63) is 6.42 Å². The summed E-state index contributed by atoms with van der Waals surface area (Å²) in [5, 5.41) is 8.25. The van der Waals surface area contributed by atoms with Gasteiger partial charge < -0.3 is 5.11 Å². The maximum absolute atomic E-state index is 8.25. The fraction of sp³-hybridized carbons (Fsp3) is 0.800. The fourth-order valence-corrected chi connectivity index (χ4v) is 0.695. The first-order valence-corrected chi connectivity index (χ1v) is 3.72. The molecule has 0 aromatic rings. The number of rotatable bonds is 4. The lowest BCUT2D eigenvalue weighted by atomic mass is 10.4. The molecule has 0 fully saturated rings. The van der Waals surface area contributed by atoms with Crippen molar-refractivity contribution in [3.8, 4) is 0 Å². The standard InChI is InChI=1S/C5H11OS/c1-7-5-3-2-4-6/h3,6H,2,4-5H2,1H3. The Morgan fingerprint density at radius 2 is 2.43 bits per heavy atom. The summed E-state index contributed by atoms with van der Waals surface area (Å²) in [5.74, 6) is 1.06. The largest absolute Gasteiger partial charge is 0.396 e. The number of hydrogen-bond donors (Lipinski definition) is 1. The van der Waals surface area contributed by atoms with Gasteiger partial charge in [-0.25, -0.2) is 0 Å². The van der Waals surface area contributed by atoms with Crippen LogP contribution in [0.15, 0.2) is 0 Å². The molecule has 1 radical (unpaired) electrons. The Morgan fingerprint density at radius 3 is 2.86 bits per heavy atom. The van der Waals surface area contributed by atoms with E-state index >= 15 is 0 Å². The van der Waals surface area contributed by atoms with Crippen molar-refractivity contribution in [1.29, 1.82) is 0 Å². The minimum absolute atomic E-state index is 0.292. The zero-order valence-electron chi connectivity index (χ0n) is 4.55. The van der Waals surface area contributed by atoms with Crippen LogP contribution in [0.2, 0.25) is 0 Å². The van der Waals surface area contributed by atoms with Gasteiger partial charge in [-0.05, 0) is 24.9 Å². The van der Waals surface area contributed by atoms with Crippen molar-refractivity contribution < 1.29 is 5.11 Å². The van der Waals surface area contributed by atoms with Gasteiger partial charge in [0.2, 0.25) is 0 Å². The first kappa shape index (κ1) is 7.31. The van der Waals surface area contributed by atoms with Crippen LogP contribution in [-0.2, 0) is 0 Å². The van der Waals surface area contributed by atoms with Gasteiger partial charge in [0.25, 0.3) is 0 Å². The molecule has 0 aliphatic heterocycles. The molecule has 0 spiro atoms. The van der Waals surface area contributed by atoms with Crippen molar-refractivity contribution in [3.63, 3.8) is 0 Å². The van der Waals surface area contributed by atoms with E-state index in [1.807, 2.05) is 6.26 Å². The molecule has 0 bridgehead atoms. The summed E-state index contributed by atoms with van der Waals surface area (Å²) in [6, 6.07) is 0. The van der Waals surface area contributed by atoms with Crippen LogP contribution >= 0.6 is 11.8 Å². The monoisotopic (exact) mass is 119 g/mol. The Balaban J connectivity index is 2.45. The Morgan fingerprint density at radius 1 is 1.71 bits per heavy atom. The molecule has 0 aliphatic rings. The fourth-order valence-electron chi connectivity index (χ4n) is 0.292. The SMILES string of the molecule is CSC[CH]CCO. The van der Waals surface area contributed by atoms with Crippen molar-refractivity contribution in [2.24, 2.45) is 0 Å². The smallest absolute Gasteiger partial charge is 0.0434 e. The van der Waals surface area contributed by atoms with E-state index in [1.165, 1.54) is 0 Å². The molecule has 2 heteroatoms. The van der Waals surface area contributed by atoms with E-state index in [0.717, 1.165) is 12.2 Å². The maximum atomic E-state index is 8.25. The van der Waals surface area contributed by atoms with Crippen molar-refractivity contribution in [2.45, 2.75) is 6.42 Å². The second kappa shape index (κ2) is 6.31. The highest BCUT2D eigenvalue weighted by Gasteiger charge is 1.81. The summed E-state index contributed by atoms with van der Waals surface area (Å²) in [6.45, 7) is 0.292. The third-order valence-electron chi connectivity index (χ3n) is 0.618. The molecule has 0 aliphatic carbocycles. The molecule has 0 amide bonds. The second-order valence-electron chi connectivity index (χ2n) is 1.26. The summed E-state index contributed by atoms with van der Waals surface area (Å²) in [5.41, 5.74) is 0. The number of unbranched alkanes of at least 4 members (excludes halogenated alkanes) is 1. The molecule has 0 unspecified atom stereocenters. The van der Waals surface area contributed by atoms with Crippen LogP contribution in [0.4, 0.5) is 0 Å². The lowest BCUT2D eigenvalue weighted by Crippen LogP contribution is -1.84. The number of hydrogen-bond acceptors (Lipinski definition) is 2. The van der Waals surface area contributed by atoms with Gasteiger partial charge in [-0.1, -0.05) is 0 Å². The van der Waals surface area contributed by atoms with Gasteiger partial charge in [0.1, 0.15) is 0 Å². The molecule has 0 aromatic carbocycles. The van der Waals surface area contributed by atoms with Gasteiger partial charge >= 0.3 is 0 Å². The van der Waals surface area contributed by atoms with Gasteiger partial charge in [0.05, 0.1) is 0 Å². The summed E-state index contributed by atoms with van der Waals surface area (Å²) in [7, 11) is 0. The first-order chi connectivity index (χ1) is 3.41. The molecule has 0 atom stereocenters. The lowest BCUT2D eigenvalue weighted by Gasteiger charge is -1.89. The third kappa shape index (κ3) is 6.31. The van der Waals surface area contributed by atoms with Crippen LogP contribution in [0, 0.1) is 6.42 Å². The minimum Gasteiger partial charge on any atom is -0.396 e. The van der Waals surface area contributed by atoms with E-state index in [9.17, 15) is 0 Å². The molecule has 1 N–H and O–H groups in total. The normalized spacial score (nSPS) is 9.43. The highest BCUT2D eigenvalue weighted by Crippen LogP contribution is 1.95. The number of aliphatic hydroxyl groups is 1. The van der Waals surface area contributed by atoms with Gasteiger partial charge in [-0.3, -0.25) is 0 Å². The van der Waals surface area contributed by atoms with E-state index in [1.54, 1.807) is 11.8 Å². The molecule has 43 valence electrons. The molecular formula is C5H11OS. The van der Waals surface area contributed by atoms with Crippen LogP contribution < -0.4 is 0 Å². The zero-order chi connectivity index (χ0) is 5.54. The molecule has 0 rings (SSSR count). The topological polar surface area (TPSA) is 20.2 Å². The van der Waals surface area contributed by atoms with Crippen LogP contribution in [0.3, 0.4) is 0 Å². The van der Waals surface area contributed by atoms with Crippen LogP contribution in [0.25, 0.3) is 0 Å². The van der Waals surface area contributed by atoms with E-state index in [4.69, 9.17) is 5.11 Å². The quantitative estimate of drug-likeness (QED) is 0.556. The van der Waals surface area contributed by atoms with E-state index in [2.05, 4.69) is 6.42 Å². The van der Waals surface area contributed by atoms with Crippen LogP contribution in [0.1, 0.15) is 6.42 Å². The van der Waals surface area contributed by atoms with E-state index < -0.39 is 0 Å². The van der Waals surface area contributed by atoms with Crippen LogP contribution in [0.5, 0.6) is 0 Å². The lowest BCUT2D eigenvalue weighted by molar-refractivity contribution is 0.298. The highest BCUT2D eigenvalue weighted by atomic mass is 32.2. The molecule has 7 heavy (non-hydrogen) atoms. The van der Waals surface area contributed by atoms with Gasteiger partial charge in [0, 0.05) is 6.61 Å². The van der Waals surface area contributed by atoms with Crippen molar-refractivity contribution in [2.75, 3.05) is 18.6 Å². The van der Waals surface area contributed by atoms with Gasteiger partial charge in [-0.15, -0.1) is 0 Å². The van der Waals surface area contributed by atoms with Gasteiger partial charge in [0.15, 0.2) is 0 Å². The summed E-state index contributed by atoms with van der Waals surface area (Å²) in [6.07, 6.45) is 4.96. The minimum atomic E-state index is 0.292. The van der Waals surface area contributed by atoms with Gasteiger partial charge in [-0.2, -0.15) is 11.8 Å². The highest BCUT2D eigenvalue weighted by molar-refractivity contribution is 7.98. The predicted molar refractivity (Wildman–Crippen MR) is 34.4 cm³/mol. The zero-order valence-corrected chi connectivity index (χ0v) is 5.37. The average Bonchev–Trinajstić information content (AvgIpc) is 1.69. The average molecular weight is 119 g/mol. The Bertz CT molecular complexity index is 27.3.